The van der Waals surface area contributed by atoms with Crippen LogP contribution in [0.15, 0.2) is 83.6 Å². The minimum absolute atomic E-state index is 0.227. The number of carbonyl (C=O) groups is 1. The number of carbonyl (C=O) groups excluding carboxylic acids is 1. The number of fused-ring (bicyclic) bond motifs is 1. The van der Waals surface area contributed by atoms with Crippen molar-refractivity contribution < 1.29 is 9.53 Å². The fourth-order valence-corrected chi connectivity index (χ4v) is 5.88. The minimum atomic E-state index is -0.368. The topological polar surface area (TPSA) is 145 Å². The van der Waals surface area contributed by atoms with Crippen LogP contribution >= 0.6 is 0 Å². The van der Waals surface area contributed by atoms with E-state index in [0.717, 1.165) is 36.3 Å². The van der Waals surface area contributed by atoms with E-state index in [2.05, 4.69) is 20.5 Å². The van der Waals surface area contributed by atoms with Crippen molar-refractivity contribution in [3.05, 3.63) is 101 Å². The molecule has 2 aromatic carbocycles. The van der Waals surface area contributed by atoms with Gasteiger partial charge in [0.2, 0.25) is 0 Å². The predicted octanol–water partition coefficient (Wildman–Crippen LogP) is 6.46. The van der Waals surface area contributed by atoms with E-state index in [0.29, 0.717) is 48.1 Å². The van der Waals surface area contributed by atoms with Crippen molar-refractivity contribution in [1.82, 2.24) is 20.1 Å². The van der Waals surface area contributed by atoms with Crippen LogP contribution in [0.3, 0.4) is 0 Å². The fraction of sp³-hybridized carbons (Fsp3) is 0.405. The number of ether oxygens (including phenoxy) is 1. The van der Waals surface area contributed by atoms with Gasteiger partial charge in [-0.3, -0.25) is 20.7 Å². The van der Waals surface area contributed by atoms with Gasteiger partial charge < -0.3 is 20.7 Å². The molecule has 2 aliphatic rings. The van der Waals surface area contributed by atoms with Crippen LogP contribution in [0.25, 0.3) is 0 Å². The number of allylic oxidation sites excluding steroid dienone is 1. The Bertz CT molecular complexity index is 1690. The maximum absolute atomic E-state index is 13.4. The lowest BCUT2D eigenvalue weighted by atomic mass is 9.85. The standard InChI is InChI=1S/C37H48N8O2/c1-25-11-13-26(14-12-25)41-35(23-32(38)37(2,3)4)43-36(46)42-30-16-17-31(29-10-6-5-9-28(29)30)47-27-15-18-33(39)45(24-27)34(40)19-22-44-20-7-8-21-44/h5-6,9-15,18,23-24,30-31,39-40H,7-8,16-17,19-22,38H2,1-4H3,(H2,41,42,43,46)/b32-23-,39-33?,40-34?. The Balaban J connectivity index is 1.29. The van der Waals surface area contributed by atoms with Gasteiger partial charge >= 0.3 is 6.03 Å². The van der Waals surface area contributed by atoms with E-state index in [1.807, 2.05) is 76.2 Å². The van der Waals surface area contributed by atoms with E-state index in [4.69, 9.17) is 21.3 Å². The number of benzene rings is 2. The smallest absolute Gasteiger partial charge is 0.320 e. The number of likely N-dealkylation sites (tertiary alicyclic amines) is 1. The van der Waals surface area contributed by atoms with Crippen molar-refractivity contribution in [2.75, 3.05) is 19.6 Å². The number of rotatable bonds is 8. The maximum Gasteiger partial charge on any atom is 0.320 e. The highest BCUT2D eigenvalue weighted by molar-refractivity contribution is 6.05. The number of amidine groups is 1. The first kappa shape index (κ1) is 33.7. The first-order valence-electron chi connectivity index (χ1n) is 16.5. The summed E-state index contributed by atoms with van der Waals surface area (Å²) in [6, 6.07) is 18.6. The van der Waals surface area contributed by atoms with Gasteiger partial charge in [0.1, 0.15) is 29.0 Å². The summed E-state index contributed by atoms with van der Waals surface area (Å²) in [4.78, 5) is 20.5. The van der Waals surface area contributed by atoms with Gasteiger partial charge in [-0.15, -0.1) is 0 Å². The molecule has 2 amide bonds. The summed E-state index contributed by atoms with van der Waals surface area (Å²) in [5.41, 5.74) is 10.8. The second-order valence-electron chi connectivity index (χ2n) is 13.5. The molecule has 1 fully saturated rings. The first-order valence-corrected chi connectivity index (χ1v) is 16.5. The summed E-state index contributed by atoms with van der Waals surface area (Å²) < 4.78 is 8.10. The first-order chi connectivity index (χ1) is 22.5. The number of hydrogen-bond donors (Lipinski definition) is 5. The largest absolute Gasteiger partial charge is 0.484 e. The molecule has 1 aromatic heterocycles. The number of nitrogens with zero attached hydrogens (tertiary/aromatic N) is 3. The fourth-order valence-electron chi connectivity index (χ4n) is 5.88. The summed E-state index contributed by atoms with van der Waals surface area (Å²) in [6.07, 6.45) is 7.59. The summed E-state index contributed by atoms with van der Waals surface area (Å²) in [5.74, 6) is 1.35. The third kappa shape index (κ3) is 8.98. The highest BCUT2D eigenvalue weighted by atomic mass is 16.5. The molecule has 0 saturated carbocycles. The summed E-state index contributed by atoms with van der Waals surface area (Å²) >= 11 is 0. The van der Waals surface area contributed by atoms with E-state index in [9.17, 15) is 4.79 Å². The maximum atomic E-state index is 13.4. The van der Waals surface area contributed by atoms with Crippen molar-refractivity contribution in [2.24, 2.45) is 16.1 Å². The van der Waals surface area contributed by atoms with Crippen LogP contribution in [0, 0.1) is 23.2 Å². The Morgan fingerprint density at radius 3 is 2.45 bits per heavy atom. The van der Waals surface area contributed by atoms with Crippen molar-refractivity contribution in [1.29, 1.82) is 10.8 Å². The number of aromatic nitrogens is 1. The van der Waals surface area contributed by atoms with Crippen molar-refractivity contribution in [3.8, 4) is 5.75 Å². The van der Waals surface area contributed by atoms with Gasteiger partial charge in [0, 0.05) is 30.2 Å². The molecule has 0 radical (unpaired) electrons. The van der Waals surface area contributed by atoms with E-state index >= 15 is 0 Å². The van der Waals surface area contributed by atoms with E-state index in [1.165, 1.54) is 12.8 Å². The van der Waals surface area contributed by atoms with Gasteiger partial charge in [0.15, 0.2) is 0 Å². The Morgan fingerprint density at radius 1 is 1.04 bits per heavy atom. The summed E-state index contributed by atoms with van der Waals surface area (Å²) in [7, 11) is 0. The number of nitrogens with one attached hydrogen (secondary N) is 4. The molecular formula is C37H48N8O2. The average Bonchev–Trinajstić information content (AvgIpc) is 3.56. The number of amides is 2. The average molecular weight is 637 g/mol. The van der Waals surface area contributed by atoms with Gasteiger partial charge in [-0.2, -0.15) is 0 Å². The SMILES string of the molecule is Cc1ccc(N=C(/C=C(\N)C(C)(C)C)NC(=O)NC2CCC(Oc3ccc(=N)n(C(=N)CCN4CCCC4)c3)c3ccccc32)cc1. The Morgan fingerprint density at radius 2 is 1.74 bits per heavy atom. The van der Waals surface area contributed by atoms with Crippen molar-refractivity contribution >= 4 is 23.4 Å². The Hall–Kier alpha value is -4.70. The highest BCUT2D eigenvalue weighted by Gasteiger charge is 2.30. The zero-order valence-corrected chi connectivity index (χ0v) is 28.0. The number of urea groups is 1. The molecule has 5 rings (SSSR count). The molecule has 10 nitrogen and oxygen atoms in total. The molecule has 47 heavy (non-hydrogen) atoms. The molecule has 1 aliphatic heterocycles. The van der Waals surface area contributed by atoms with Gasteiger partial charge in [0.25, 0.3) is 0 Å². The molecule has 10 heteroatoms. The molecule has 2 unspecified atom stereocenters. The van der Waals surface area contributed by atoms with E-state index in [1.54, 1.807) is 29.0 Å². The van der Waals surface area contributed by atoms with Crippen LogP contribution < -0.4 is 26.6 Å². The molecule has 3 aromatic rings. The third-order valence-electron chi connectivity index (χ3n) is 8.78. The third-order valence-corrected chi connectivity index (χ3v) is 8.78. The lowest BCUT2D eigenvalue weighted by molar-refractivity contribution is 0.171. The Labute approximate surface area is 277 Å². The second kappa shape index (κ2) is 14.8. The molecule has 0 bridgehead atoms. The lowest BCUT2D eigenvalue weighted by Crippen LogP contribution is -2.42. The summed E-state index contributed by atoms with van der Waals surface area (Å²) in [6.45, 7) is 11.0. The normalized spacial score (nSPS) is 18.8. The molecule has 248 valence electrons. The zero-order valence-electron chi connectivity index (χ0n) is 28.0. The van der Waals surface area contributed by atoms with E-state index in [-0.39, 0.29) is 29.1 Å². The monoisotopic (exact) mass is 636 g/mol. The second-order valence-corrected chi connectivity index (χ2v) is 13.5. The number of hydrogen-bond acceptors (Lipinski definition) is 7. The van der Waals surface area contributed by atoms with Crippen LogP contribution in [-0.2, 0) is 0 Å². The van der Waals surface area contributed by atoms with Gasteiger partial charge in [-0.05, 0) is 81.1 Å². The van der Waals surface area contributed by atoms with Crippen molar-refractivity contribution in [2.45, 2.75) is 71.9 Å². The van der Waals surface area contributed by atoms with Crippen molar-refractivity contribution in [3.63, 3.8) is 0 Å². The minimum Gasteiger partial charge on any atom is -0.484 e. The van der Waals surface area contributed by atoms with Crippen LogP contribution in [0.4, 0.5) is 10.5 Å². The predicted molar refractivity (Wildman–Crippen MR) is 187 cm³/mol. The van der Waals surface area contributed by atoms with Crippen LogP contribution in [0.2, 0.25) is 0 Å². The molecule has 1 aliphatic carbocycles. The highest BCUT2D eigenvalue weighted by Crippen LogP contribution is 2.38. The Kier molecular flexibility index (Phi) is 10.6. The molecule has 0 spiro atoms. The van der Waals surface area contributed by atoms with Gasteiger partial charge in [0.05, 0.1) is 17.9 Å². The van der Waals surface area contributed by atoms with Crippen LogP contribution in [0.5, 0.6) is 5.75 Å². The number of aryl methyl sites for hydroxylation is 1. The quantitative estimate of drug-likeness (QED) is 0.143. The molecule has 2 heterocycles. The number of pyridine rings is 1. The van der Waals surface area contributed by atoms with Gasteiger partial charge in [-0.1, -0.05) is 62.7 Å². The molecular weight excluding hydrogens is 588 g/mol. The number of nitrogens with two attached hydrogens (primary N) is 1. The lowest BCUT2D eigenvalue weighted by Gasteiger charge is -2.32. The molecule has 1 saturated heterocycles. The van der Waals surface area contributed by atoms with E-state index < -0.39 is 0 Å². The van der Waals surface area contributed by atoms with Crippen LogP contribution in [-0.4, -0.2) is 46.8 Å². The zero-order chi connectivity index (χ0) is 33.6. The molecule has 6 N–H and O–H groups in total. The number of aliphatic imine (C=N–C) groups is 1. The summed E-state index contributed by atoms with van der Waals surface area (Å²) in [5, 5.41) is 23.1. The van der Waals surface area contributed by atoms with Gasteiger partial charge in [-0.25, -0.2) is 9.79 Å². The molecule has 2 atom stereocenters. The van der Waals surface area contributed by atoms with Crippen LogP contribution in [0.1, 0.15) is 81.7 Å².